The van der Waals surface area contributed by atoms with Crippen molar-refractivity contribution in [3.8, 4) is 0 Å². The highest BCUT2D eigenvalue weighted by molar-refractivity contribution is 7.17. The Morgan fingerprint density at radius 1 is 0.941 bits per heavy atom. The molecule has 0 unspecified atom stereocenters. The summed E-state index contributed by atoms with van der Waals surface area (Å²) in [6.45, 7) is 6.03. The second-order valence-corrected chi connectivity index (χ2v) is 10.4. The van der Waals surface area contributed by atoms with Gasteiger partial charge in [0.1, 0.15) is 5.00 Å². The largest absolute Gasteiger partial charge is 0.336 e. The number of amides is 2. The number of hydrogen-bond acceptors (Lipinski definition) is 4. The van der Waals surface area contributed by atoms with Gasteiger partial charge in [-0.25, -0.2) is 0 Å². The Balaban J connectivity index is 1.33. The van der Waals surface area contributed by atoms with Gasteiger partial charge in [0.05, 0.1) is 5.56 Å². The Labute approximate surface area is 205 Å². The summed E-state index contributed by atoms with van der Waals surface area (Å²) < 4.78 is 0. The van der Waals surface area contributed by atoms with Gasteiger partial charge in [-0.15, -0.1) is 11.3 Å². The number of rotatable bonds is 5. The molecule has 0 spiro atoms. The summed E-state index contributed by atoms with van der Waals surface area (Å²) >= 11 is 1.59. The van der Waals surface area contributed by atoms with Gasteiger partial charge in [-0.2, -0.15) is 0 Å². The molecule has 5 nitrogen and oxygen atoms in total. The predicted octanol–water partition coefficient (Wildman–Crippen LogP) is 5.15. The minimum atomic E-state index is -0.149. The average Bonchev–Trinajstić information content (AvgIpc) is 3.22. The second-order valence-electron chi connectivity index (χ2n) is 9.29. The van der Waals surface area contributed by atoms with E-state index in [2.05, 4.69) is 34.5 Å². The average molecular weight is 474 g/mol. The van der Waals surface area contributed by atoms with Crippen LogP contribution in [0.15, 0.2) is 54.6 Å². The fourth-order valence-electron chi connectivity index (χ4n) is 4.95. The molecule has 1 fully saturated rings. The minimum Gasteiger partial charge on any atom is -0.336 e. The van der Waals surface area contributed by atoms with Gasteiger partial charge in [-0.1, -0.05) is 48.0 Å². The Kier molecular flexibility index (Phi) is 6.79. The van der Waals surface area contributed by atoms with E-state index in [9.17, 15) is 9.59 Å². The standard InChI is InChI=1S/C28H31N3O2S/c1-20-8-7-11-22(18-20)26(32)29-27-25(23-12-5-6-13-24(23)34-27)28(33)31-16-14-30(15-17-31)19-21-9-3-2-4-10-21/h2-4,7-11,18H,5-6,12-17,19H2,1H3,(H,29,32). The molecule has 176 valence electrons. The van der Waals surface area contributed by atoms with Crippen LogP contribution in [0.3, 0.4) is 0 Å². The third kappa shape index (κ3) is 4.93. The molecule has 1 saturated heterocycles. The van der Waals surface area contributed by atoms with E-state index in [0.717, 1.165) is 67.0 Å². The number of carbonyl (C=O) groups excluding carboxylic acids is 2. The molecule has 2 amide bonds. The van der Waals surface area contributed by atoms with Crippen molar-refractivity contribution in [2.24, 2.45) is 0 Å². The zero-order valence-electron chi connectivity index (χ0n) is 19.7. The Hall–Kier alpha value is -2.96. The van der Waals surface area contributed by atoms with Crippen molar-refractivity contribution in [1.29, 1.82) is 0 Å². The molecule has 2 heterocycles. The highest BCUT2D eigenvalue weighted by atomic mass is 32.1. The van der Waals surface area contributed by atoms with Gasteiger partial charge >= 0.3 is 0 Å². The number of piperazine rings is 1. The van der Waals surface area contributed by atoms with Crippen LogP contribution in [0.4, 0.5) is 5.00 Å². The van der Waals surface area contributed by atoms with Crippen LogP contribution in [-0.2, 0) is 19.4 Å². The topological polar surface area (TPSA) is 52.7 Å². The molecular formula is C28H31N3O2S. The van der Waals surface area contributed by atoms with Crippen LogP contribution in [0.1, 0.15) is 55.1 Å². The van der Waals surface area contributed by atoms with Crippen molar-refractivity contribution in [1.82, 2.24) is 9.80 Å². The van der Waals surface area contributed by atoms with Crippen LogP contribution in [0.5, 0.6) is 0 Å². The third-order valence-electron chi connectivity index (χ3n) is 6.80. The monoisotopic (exact) mass is 473 g/mol. The van der Waals surface area contributed by atoms with Gasteiger partial charge in [0.25, 0.3) is 11.8 Å². The Morgan fingerprint density at radius 2 is 1.71 bits per heavy atom. The lowest BCUT2D eigenvalue weighted by Gasteiger charge is -2.35. The number of benzene rings is 2. The van der Waals surface area contributed by atoms with Gasteiger partial charge in [0, 0.05) is 43.2 Å². The third-order valence-corrected chi connectivity index (χ3v) is 8.01. The molecule has 1 aliphatic heterocycles. The van der Waals surface area contributed by atoms with E-state index in [1.54, 1.807) is 11.3 Å². The van der Waals surface area contributed by atoms with E-state index in [0.29, 0.717) is 18.7 Å². The predicted molar refractivity (Wildman–Crippen MR) is 138 cm³/mol. The number of hydrogen-bond donors (Lipinski definition) is 1. The first kappa shape index (κ1) is 22.8. The van der Waals surface area contributed by atoms with Gasteiger partial charge < -0.3 is 10.2 Å². The quantitative estimate of drug-likeness (QED) is 0.558. The number of fused-ring (bicyclic) bond motifs is 1. The summed E-state index contributed by atoms with van der Waals surface area (Å²) in [6.07, 6.45) is 4.15. The summed E-state index contributed by atoms with van der Waals surface area (Å²) in [6, 6.07) is 18.1. The second kappa shape index (κ2) is 10.1. The summed E-state index contributed by atoms with van der Waals surface area (Å²) in [5.41, 5.74) is 4.86. The van der Waals surface area contributed by atoms with Crippen LogP contribution >= 0.6 is 11.3 Å². The summed E-state index contributed by atoms with van der Waals surface area (Å²) in [5.74, 6) is -0.0812. The molecule has 5 rings (SSSR count). The molecule has 1 N–H and O–H groups in total. The van der Waals surface area contributed by atoms with Crippen LogP contribution < -0.4 is 5.32 Å². The van der Waals surface area contributed by atoms with Crippen LogP contribution in [0, 0.1) is 6.92 Å². The maximum absolute atomic E-state index is 13.8. The van der Waals surface area contributed by atoms with Gasteiger partial charge in [-0.3, -0.25) is 14.5 Å². The summed E-state index contributed by atoms with van der Waals surface area (Å²) in [7, 11) is 0. The summed E-state index contributed by atoms with van der Waals surface area (Å²) in [4.78, 5) is 32.4. The minimum absolute atomic E-state index is 0.0679. The lowest BCUT2D eigenvalue weighted by molar-refractivity contribution is 0.0628. The molecule has 3 aromatic rings. The smallest absolute Gasteiger partial charge is 0.257 e. The number of carbonyl (C=O) groups is 2. The van der Waals surface area contributed by atoms with E-state index in [1.807, 2.05) is 42.2 Å². The van der Waals surface area contributed by atoms with Gasteiger partial charge in [0.2, 0.25) is 0 Å². The van der Waals surface area contributed by atoms with Crippen LogP contribution in [0.2, 0.25) is 0 Å². The maximum atomic E-state index is 13.8. The Bertz CT molecular complexity index is 1180. The van der Waals surface area contributed by atoms with Crippen molar-refractivity contribution >= 4 is 28.2 Å². The van der Waals surface area contributed by atoms with E-state index in [4.69, 9.17) is 0 Å². The molecule has 1 aliphatic carbocycles. The van der Waals surface area contributed by atoms with Crippen LogP contribution in [-0.4, -0.2) is 47.8 Å². The van der Waals surface area contributed by atoms with E-state index < -0.39 is 0 Å². The van der Waals surface area contributed by atoms with Gasteiger partial charge in [-0.05, 0) is 55.9 Å². The molecule has 2 aromatic carbocycles. The normalized spacial score (nSPS) is 16.2. The number of thiophene rings is 1. The molecule has 2 aliphatic rings. The first-order valence-corrected chi connectivity index (χ1v) is 13.0. The highest BCUT2D eigenvalue weighted by Crippen LogP contribution is 2.39. The zero-order chi connectivity index (χ0) is 23.5. The fraction of sp³-hybridized carbons (Fsp3) is 0.357. The fourth-order valence-corrected chi connectivity index (χ4v) is 6.23. The zero-order valence-corrected chi connectivity index (χ0v) is 20.5. The molecule has 0 saturated carbocycles. The van der Waals surface area contributed by atoms with Crippen molar-refractivity contribution < 1.29 is 9.59 Å². The summed E-state index contributed by atoms with van der Waals surface area (Å²) in [5, 5.41) is 3.81. The number of anilines is 1. The molecule has 0 radical (unpaired) electrons. The SMILES string of the molecule is Cc1cccc(C(=O)Nc2sc3c(c2C(=O)N2CCN(Cc4ccccc4)CC2)CCCC3)c1. The molecule has 0 bridgehead atoms. The number of aryl methyl sites for hydroxylation is 2. The molecule has 6 heteroatoms. The van der Waals surface area contributed by atoms with Gasteiger partial charge in [0.15, 0.2) is 0 Å². The first-order valence-electron chi connectivity index (χ1n) is 12.2. The van der Waals surface area contributed by atoms with Crippen LogP contribution in [0.25, 0.3) is 0 Å². The number of nitrogens with zero attached hydrogens (tertiary/aromatic N) is 2. The lowest BCUT2D eigenvalue weighted by atomic mass is 9.95. The Morgan fingerprint density at radius 3 is 2.47 bits per heavy atom. The van der Waals surface area contributed by atoms with Crippen molar-refractivity contribution in [2.45, 2.75) is 39.2 Å². The molecule has 34 heavy (non-hydrogen) atoms. The lowest BCUT2D eigenvalue weighted by Crippen LogP contribution is -2.48. The van der Waals surface area contributed by atoms with E-state index >= 15 is 0 Å². The first-order chi connectivity index (χ1) is 16.6. The van der Waals surface area contributed by atoms with Crippen molar-refractivity contribution in [3.63, 3.8) is 0 Å². The number of nitrogens with one attached hydrogen (secondary N) is 1. The molecule has 1 aromatic heterocycles. The highest BCUT2D eigenvalue weighted by Gasteiger charge is 2.31. The van der Waals surface area contributed by atoms with E-state index in [1.165, 1.54) is 10.4 Å². The molecule has 0 atom stereocenters. The maximum Gasteiger partial charge on any atom is 0.257 e. The van der Waals surface area contributed by atoms with Crippen molar-refractivity contribution in [3.05, 3.63) is 87.3 Å². The van der Waals surface area contributed by atoms with E-state index in [-0.39, 0.29) is 11.8 Å². The molecular weight excluding hydrogens is 442 g/mol. The van der Waals surface area contributed by atoms with Crippen molar-refractivity contribution in [2.75, 3.05) is 31.5 Å².